The van der Waals surface area contributed by atoms with Crippen molar-refractivity contribution >= 4 is 23.0 Å². The lowest BCUT2D eigenvalue weighted by atomic mass is 10.1. The van der Waals surface area contributed by atoms with Crippen molar-refractivity contribution in [3.05, 3.63) is 57.7 Å². The van der Waals surface area contributed by atoms with Crippen LogP contribution < -0.4 is 8.85 Å². The Balaban J connectivity index is 3.09. The Kier molecular flexibility index (Phi) is 6.88. The van der Waals surface area contributed by atoms with Crippen LogP contribution in [0.15, 0.2) is 0 Å². The molecule has 0 radical (unpaired) electrons. The smallest absolute Gasteiger partial charge is 0.205 e. The lowest BCUT2D eigenvalue weighted by Crippen LogP contribution is -2.56. The molecule has 0 aliphatic carbocycles. The number of benzene rings is 2. The third kappa shape index (κ3) is 4.53. The van der Waals surface area contributed by atoms with E-state index in [4.69, 9.17) is 0 Å². The van der Waals surface area contributed by atoms with E-state index in [1.807, 2.05) is 0 Å². The van der Waals surface area contributed by atoms with Crippen molar-refractivity contribution in [1.82, 2.24) is 0 Å². The minimum atomic E-state index is -5.96. The maximum Gasteiger partial charge on any atom is 0.422 e. The van der Waals surface area contributed by atoms with Gasteiger partial charge in [-0.3, -0.25) is 0 Å². The number of rotatable bonds is 2. The fourth-order valence-electron chi connectivity index (χ4n) is 3.31. The zero-order chi connectivity index (χ0) is 26.0. The van der Waals surface area contributed by atoms with Crippen LogP contribution in [0.1, 0.15) is 31.9 Å². The van der Waals surface area contributed by atoms with Gasteiger partial charge < -0.3 is 0 Å². The van der Waals surface area contributed by atoms with Crippen molar-refractivity contribution < 1.29 is 61.5 Å². The monoisotopic (exact) mass is 518 g/mol. The lowest BCUT2D eigenvalue weighted by Gasteiger charge is -2.29. The molecular formula is C18H9AlF14. The van der Waals surface area contributed by atoms with Crippen molar-refractivity contribution in [2.75, 3.05) is 0 Å². The van der Waals surface area contributed by atoms with E-state index in [9.17, 15) is 61.5 Å². The molecule has 0 amide bonds. The molecule has 0 aliphatic heterocycles. The van der Waals surface area contributed by atoms with Crippen molar-refractivity contribution in [3.8, 4) is 0 Å². The average molecular weight is 518 g/mol. The Morgan fingerprint density at radius 3 is 0.788 bits per heavy atom. The van der Waals surface area contributed by atoms with Gasteiger partial charge in [0, 0.05) is 0 Å². The third-order valence-electron chi connectivity index (χ3n) is 4.60. The van der Waals surface area contributed by atoms with Gasteiger partial charge in [-0.2, -0.15) is 26.3 Å². The van der Waals surface area contributed by atoms with Crippen molar-refractivity contribution in [2.45, 2.75) is 37.4 Å². The summed E-state index contributed by atoms with van der Waals surface area (Å²) in [6.07, 6.45) is -11.9. The number of alkyl halides is 6. The number of hydrogen-bond acceptors (Lipinski definition) is 0. The van der Waals surface area contributed by atoms with E-state index in [1.54, 1.807) is 0 Å². The fraction of sp³-hybridized carbons (Fsp3) is 0.333. The summed E-state index contributed by atoms with van der Waals surface area (Å²) < 4.78 is 186. The van der Waals surface area contributed by atoms with E-state index in [-0.39, 0.29) is 0 Å². The van der Waals surface area contributed by atoms with E-state index in [0.717, 1.165) is 20.8 Å². The van der Waals surface area contributed by atoms with Gasteiger partial charge in [-0.05, 0) is 8.85 Å². The molecule has 0 fully saturated rings. The van der Waals surface area contributed by atoms with E-state index in [1.165, 1.54) is 0 Å². The molecule has 2 aromatic carbocycles. The summed E-state index contributed by atoms with van der Waals surface area (Å²) in [6.45, 7) is 2.67. The highest BCUT2D eigenvalue weighted by Crippen LogP contribution is 2.39. The molecule has 0 bridgehead atoms. The minimum Gasteiger partial charge on any atom is -0.205 e. The van der Waals surface area contributed by atoms with E-state index in [0.29, 0.717) is 0 Å². The van der Waals surface area contributed by atoms with Crippen LogP contribution in [0.3, 0.4) is 0 Å². The standard InChI is InChI=1S/2C7F7.C4H9.Al/c2*8-2-1-3(9)6(11)4(5(2)10)7(12,13)14;1-4(2)3;/h;;1-3H3;. The Hall–Kier alpha value is -2.01. The van der Waals surface area contributed by atoms with Gasteiger partial charge in [-0.15, -0.1) is 0 Å². The summed E-state index contributed by atoms with van der Waals surface area (Å²) in [4.78, 5) is 0. The van der Waals surface area contributed by atoms with Crippen molar-refractivity contribution in [3.63, 3.8) is 0 Å². The zero-order valence-corrected chi connectivity index (χ0v) is 17.5. The van der Waals surface area contributed by atoms with Crippen LogP contribution in [0, 0.1) is 46.5 Å². The summed E-state index contributed by atoms with van der Waals surface area (Å²) in [5.74, 6) is -23.1. The topological polar surface area (TPSA) is 0 Å². The lowest BCUT2D eigenvalue weighted by molar-refractivity contribution is -0.144. The van der Waals surface area contributed by atoms with Crippen molar-refractivity contribution in [1.29, 1.82) is 0 Å². The molecule has 0 aliphatic rings. The second kappa shape index (κ2) is 8.34. The maximum atomic E-state index is 14.6. The van der Waals surface area contributed by atoms with E-state index >= 15 is 0 Å². The molecular weight excluding hydrogens is 509 g/mol. The summed E-state index contributed by atoms with van der Waals surface area (Å²) in [6, 6.07) is 0. The molecule has 15 heteroatoms. The quantitative estimate of drug-likeness (QED) is 0.251. The summed E-state index contributed by atoms with van der Waals surface area (Å²) in [7, 11) is 0. The first kappa shape index (κ1) is 27.2. The largest absolute Gasteiger partial charge is 0.422 e. The number of hydrogen-bond donors (Lipinski definition) is 0. The van der Waals surface area contributed by atoms with E-state index < -0.39 is 97.3 Å². The van der Waals surface area contributed by atoms with Gasteiger partial charge in [-0.25, -0.2) is 35.1 Å². The van der Waals surface area contributed by atoms with Gasteiger partial charge in [0.1, 0.15) is 34.4 Å². The van der Waals surface area contributed by atoms with E-state index in [2.05, 4.69) is 0 Å². The van der Waals surface area contributed by atoms with Crippen LogP contribution in [0.25, 0.3) is 0 Å². The minimum absolute atomic E-state index is 0.891. The van der Waals surface area contributed by atoms with Crippen molar-refractivity contribution in [2.24, 2.45) is 0 Å². The van der Waals surface area contributed by atoms with Crippen LogP contribution in [-0.4, -0.2) is 14.1 Å². The van der Waals surface area contributed by atoms with Crippen LogP contribution in [0.4, 0.5) is 61.5 Å². The third-order valence-corrected chi connectivity index (χ3v) is 8.51. The van der Waals surface area contributed by atoms with Gasteiger partial charge in [0.2, 0.25) is 0 Å². The van der Waals surface area contributed by atoms with Crippen LogP contribution in [0.2, 0.25) is 4.28 Å². The first-order chi connectivity index (χ1) is 14.7. The molecule has 0 saturated heterocycles. The summed E-state index contributed by atoms with van der Waals surface area (Å²) in [5, 5.41) is 0. The van der Waals surface area contributed by atoms with Gasteiger partial charge >= 0.3 is 26.5 Å². The molecule has 0 atom stereocenters. The average Bonchev–Trinajstić information content (AvgIpc) is 2.61. The van der Waals surface area contributed by atoms with Crippen LogP contribution in [-0.2, 0) is 12.4 Å². The second-order valence-corrected chi connectivity index (χ2v) is 11.6. The normalized spacial score (nSPS) is 13.0. The maximum absolute atomic E-state index is 14.6. The highest BCUT2D eigenvalue weighted by Gasteiger charge is 2.51. The predicted molar refractivity (Wildman–Crippen MR) is 87.3 cm³/mol. The summed E-state index contributed by atoms with van der Waals surface area (Å²) >= 11 is -4.75. The van der Waals surface area contributed by atoms with Gasteiger partial charge in [0.15, 0.2) is 23.3 Å². The molecule has 0 heterocycles. The summed E-state index contributed by atoms with van der Waals surface area (Å²) in [5.41, 5.74) is -6.04. The molecule has 182 valence electrons. The first-order valence-electron chi connectivity index (χ1n) is 8.51. The number of halogens is 14. The molecule has 0 unspecified atom stereocenters. The molecule has 33 heavy (non-hydrogen) atoms. The van der Waals surface area contributed by atoms with Gasteiger partial charge in [0.05, 0.1) is 0 Å². The van der Waals surface area contributed by atoms with Crippen LogP contribution in [0.5, 0.6) is 0 Å². The molecule has 0 spiro atoms. The Morgan fingerprint density at radius 2 is 0.636 bits per heavy atom. The SMILES string of the molecule is C[C](C)(C)[Al]([c]1c(F)c(F)c(C(F)(F)F)c(F)c1F)[c]1c(F)c(F)c(C(F)(F)F)c(F)c1F. The Morgan fingerprint density at radius 1 is 0.424 bits per heavy atom. The molecule has 0 nitrogen and oxygen atoms in total. The molecule has 2 aromatic rings. The molecule has 0 N–H and O–H groups in total. The highest BCUT2D eigenvalue weighted by molar-refractivity contribution is 6.87. The predicted octanol–water partition coefficient (Wildman–Crippen LogP) is 6.25. The molecule has 0 aromatic heterocycles. The fourth-order valence-corrected chi connectivity index (χ4v) is 6.85. The Bertz CT molecular complexity index is 968. The Labute approximate surface area is 180 Å². The first-order valence-corrected chi connectivity index (χ1v) is 10.2. The van der Waals surface area contributed by atoms with Gasteiger partial charge in [-0.1, -0.05) is 25.0 Å². The van der Waals surface area contributed by atoms with Gasteiger partial charge in [0.25, 0.3) is 0 Å². The zero-order valence-electron chi connectivity index (χ0n) is 16.4. The highest BCUT2D eigenvalue weighted by atomic mass is 27.2. The molecule has 0 saturated carbocycles. The second-order valence-electron chi connectivity index (χ2n) is 7.88. The molecule has 2 rings (SSSR count). The van der Waals surface area contributed by atoms with Crippen LogP contribution >= 0.6 is 0 Å².